The molecule has 1 aromatic carbocycles. The van der Waals surface area contributed by atoms with Gasteiger partial charge in [-0.1, -0.05) is 0 Å². The Hall–Kier alpha value is -2.40. The molecule has 0 saturated heterocycles. The zero-order valence-electron chi connectivity index (χ0n) is 12.8. The first-order valence-electron chi connectivity index (χ1n) is 6.91. The van der Waals surface area contributed by atoms with E-state index in [2.05, 4.69) is 16.4 Å². The number of ether oxygens (including phenoxy) is 1. The topological polar surface area (TPSA) is 38.2 Å². The molecule has 0 N–H and O–H groups in total. The number of hydrogen-bond acceptors (Lipinski definition) is 5. The molecule has 0 aliphatic rings. The second-order valence-electron chi connectivity index (χ2n) is 5.06. The SMILES string of the molecule is COc1ccc(-c2csc(-c3ccnc(N(C)C)c3)n2)cc1. The van der Waals surface area contributed by atoms with E-state index in [1.807, 2.05) is 55.5 Å². The summed E-state index contributed by atoms with van der Waals surface area (Å²) in [6.07, 6.45) is 1.82. The Morgan fingerprint density at radius 1 is 1.05 bits per heavy atom. The van der Waals surface area contributed by atoms with Gasteiger partial charge in [0.1, 0.15) is 16.6 Å². The molecular formula is C17H17N3OS. The normalized spacial score (nSPS) is 10.5. The smallest absolute Gasteiger partial charge is 0.128 e. The van der Waals surface area contributed by atoms with E-state index in [1.165, 1.54) is 0 Å². The van der Waals surface area contributed by atoms with Crippen LogP contribution in [-0.2, 0) is 0 Å². The van der Waals surface area contributed by atoms with Crippen molar-refractivity contribution in [2.75, 3.05) is 26.1 Å². The minimum absolute atomic E-state index is 0.851. The number of anilines is 1. The molecule has 22 heavy (non-hydrogen) atoms. The van der Waals surface area contributed by atoms with Gasteiger partial charge in [0.2, 0.25) is 0 Å². The van der Waals surface area contributed by atoms with Crippen molar-refractivity contribution in [3.05, 3.63) is 48.0 Å². The number of thiazole rings is 1. The van der Waals surface area contributed by atoms with Crippen LogP contribution in [-0.4, -0.2) is 31.2 Å². The summed E-state index contributed by atoms with van der Waals surface area (Å²) in [5, 5.41) is 3.07. The van der Waals surface area contributed by atoms with Gasteiger partial charge < -0.3 is 9.64 Å². The van der Waals surface area contributed by atoms with Gasteiger partial charge in [-0.25, -0.2) is 9.97 Å². The number of pyridine rings is 1. The summed E-state index contributed by atoms with van der Waals surface area (Å²) in [6, 6.07) is 12.0. The highest BCUT2D eigenvalue weighted by molar-refractivity contribution is 7.13. The standard InChI is InChI=1S/C17H17N3OS/c1-20(2)16-10-13(8-9-18-16)17-19-15(11-22-17)12-4-6-14(21-3)7-5-12/h4-11H,1-3H3. The molecule has 2 heterocycles. The maximum absolute atomic E-state index is 5.19. The second-order valence-corrected chi connectivity index (χ2v) is 5.92. The number of hydrogen-bond donors (Lipinski definition) is 0. The lowest BCUT2D eigenvalue weighted by Crippen LogP contribution is -2.10. The molecule has 2 aromatic heterocycles. The summed E-state index contributed by atoms with van der Waals surface area (Å²) in [7, 11) is 5.63. The molecule has 4 nitrogen and oxygen atoms in total. The molecule has 112 valence electrons. The van der Waals surface area contributed by atoms with E-state index in [9.17, 15) is 0 Å². The van der Waals surface area contributed by atoms with Crippen LogP contribution in [0.15, 0.2) is 48.0 Å². The molecule has 0 atom stereocenters. The zero-order chi connectivity index (χ0) is 15.5. The quantitative estimate of drug-likeness (QED) is 0.731. The Labute approximate surface area is 134 Å². The van der Waals surface area contributed by atoms with Crippen LogP contribution in [0.2, 0.25) is 0 Å². The van der Waals surface area contributed by atoms with E-state index in [-0.39, 0.29) is 0 Å². The van der Waals surface area contributed by atoms with E-state index in [4.69, 9.17) is 9.72 Å². The first-order chi connectivity index (χ1) is 10.7. The fourth-order valence-corrected chi connectivity index (χ4v) is 2.92. The van der Waals surface area contributed by atoms with Crippen molar-refractivity contribution in [1.29, 1.82) is 0 Å². The van der Waals surface area contributed by atoms with Crippen molar-refractivity contribution >= 4 is 17.2 Å². The van der Waals surface area contributed by atoms with E-state index in [0.717, 1.165) is 33.4 Å². The van der Waals surface area contributed by atoms with E-state index < -0.39 is 0 Å². The molecular weight excluding hydrogens is 294 g/mol. The van der Waals surface area contributed by atoms with Crippen molar-refractivity contribution in [2.45, 2.75) is 0 Å². The summed E-state index contributed by atoms with van der Waals surface area (Å²) >= 11 is 1.64. The van der Waals surface area contributed by atoms with Gasteiger partial charge in [-0.2, -0.15) is 0 Å². The Balaban J connectivity index is 1.91. The van der Waals surface area contributed by atoms with E-state index in [0.29, 0.717) is 0 Å². The van der Waals surface area contributed by atoms with Crippen molar-refractivity contribution in [3.63, 3.8) is 0 Å². The predicted octanol–water partition coefficient (Wildman–Crippen LogP) is 3.95. The molecule has 0 radical (unpaired) electrons. The first-order valence-corrected chi connectivity index (χ1v) is 7.79. The first kappa shape index (κ1) is 14.5. The van der Waals surface area contributed by atoms with Crippen molar-refractivity contribution in [1.82, 2.24) is 9.97 Å². The number of methoxy groups -OCH3 is 1. The third kappa shape index (κ3) is 2.94. The number of aromatic nitrogens is 2. The Kier molecular flexibility index (Phi) is 4.06. The van der Waals surface area contributed by atoms with Gasteiger partial charge in [-0.05, 0) is 36.4 Å². The number of rotatable bonds is 4. The lowest BCUT2D eigenvalue weighted by Gasteiger charge is -2.11. The summed E-state index contributed by atoms with van der Waals surface area (Å²) in [5.74, 6) is 1.78. The van der Waals surface area contributed by atoms with Gasteiger partial charge in [0, 0.05) is 36.8 Å². The Morgan fingerprint density at radius 3 is 2.50 bits per heavy atom. The maximum Gasteiger partial charge on any atom is 0.128 e. The molecule has 0 bridgehead atoms. The predicted molar refractivity (Wildman–Crippen MR) is 91.7 cm³/mol. The van der Waals surface area contributed by atoms with Crippen molar-refractivity contribution < 1.29 is 4.74 Å². The molecule has 0 aliphatic carbocycles. The third-order valence-corrected chi connectivity index (χ3v) is 4.23. The highest BCUT2D eigenvalue weighted by Crippen LogP contribution is 2.30. The molecule has 3 aromatic rings. The van der Waals surface area contributed by atoms with E-state index >= 15 is 0 Å². The fourth-order valence-electron chi connectivity index (χ4n) is 2.10. The molecule has 0 aliphatic heterocycles. The maximum atomic E-state index is 5.19. The molecule has 0 fully saturated rings. The van der Waals surface area contributed by atoms with Crippen LogP contribution in [0.3, 0.4) is 0 Å². The van der Waals surface area contributed by atoms with Crippen molar-refractivity contribution in [3.8, 4) is 27.6 Å². The highest BCUT2D eigenvalue weighted by atomic mass is 32.1. The second kappa shape index (κ2) is 6.15. The van der Waals surface area contributed by atoms with Crippen LogP contribution < -0.4 is 9.64 Å². The van der Waals surface area contributed by atoms with Crippen LogP contribution in [0.25, 0.3) is 21.8 Å². The average Bonchev–Trinajstić information content (AvgIpc) is 3.05. The van der Waals surface area contributed by atoms with Crippen LogP contribution >= 0.6 is 11.3 Å². The highest BCUT2D eigenvalue weighted by Gasteiger charge is 2.08. The number of benzene rings is 1. The summed E-state index contributed by atoms with van der Waals surface area (Å²) < 4.78 is 5.19. The molecule has 0 amide bonds. The lowest BCUT2D eigenvalue weighted by molar-refractivity contribution is 0.415. The monoisotopic (exact) mass is 311 g/mol. The minimum Gasteiger partial charge on any atom is -0.497 e. The van der Waals surface area contributed by atoms with Gasteiger partial charge >= 0.3 is 0 Å². The van der Waals surface area contributed by atoms with Crippen LogP contribution in [0.1, 0.15) is 0 Å². The molecule has 3 rings (SSSR count). The van der Waals surface area contributed by atoms with Gasteiger partial charge in [0.05, 0.1) is 12.8 Å². The summed E-state index contributed by atoms with van der Waals surface area (Å²) in [5.41, 5.74) is 3.15. The van der Waals surface area contributed by atoms with Crippen LogP contribution in [0, 0.1) is 0 Å². The summed E-state index contributed by atoms with van der Waals surface area (Å²) in [4.78, 5) is 11.1. The largest absolute Gasteiger partial charge is 0.497 e. The van der Waals surface area contributed by atoms with Crippen LogP contribution in [0.5, 0.6) is 5.75 Å². The van der Waals surface area contributed by atoms with E-state index in [1.54, 1.807) is 18.4 Å². The third-order valence-electron chi connectivity index (χ3n) is 3.34. The molecule has 0 saturated carbocycles. The zero-order valence-corrected chi connectivity index (χ0v) is 13.6. The molecule has 5 heteroatoms. The number of nitrogens with zero attached hydrogens (tertiary/aromatic N) is 3. The Morgan fingerprint density at radius 2 is 1.82 bits per heavy atom. The fraction of sp³-hybridized carbons (Fsp3) is 0.176. The van der Waals surface area contributed by atoms with Gasteiger partial charge in [-0.15, -0.1) is 11.3 Å². The van der Waals surface area contributed by atoms with Gasteiger partial charge in [0.25, 0.3) is 0 Å². The summed E-state index contributed by atoms with van der Waals surface area (Å²) in [6.45, 7) is 0. The van der Waals surface area contributed by atoms with Gasteiger partial charge in [-0.3, -0.25) is 0 Å². The van der Waals surface area contributed by atoms with Crippen molar-refractivity contribution in [2.24, 2.45) is 0 Å². The lowest BCUT2D eigenvalue weighted by atomic mass is 10.2. The Bertz CT molecular complexity index is 766. The average molecular weight is 311 g/mol. The molecule has 0 spiro atoms. The molecule has 0 unspecified atom stereocenters. The van der Waals surface area contributed by atoms with Gasteiger partial charge in [0.15, 0.2) is 0 Å². The van der Waals surface area contributed by atoms with Crippen LogP contribution in [0.4, 0.5) is 5.82 Å². The minimum atomic E-state index is 0.851.